The van der Waals surface area contributed by atoms with Crippen LogP contribution in [0.3, 0.4) is 0 Å². The standard InChI is InChI=1S/2C9H22N.H2O4S/c2*1-5-6-7-8-9-10(2,3)4;1-5(2,3)4/h2*5-9H2,1-4H3;(H2,1,2,3,4)/q2*+1;/p-2. The molecular weight excluding hydrogens is 340 g/mol. The van der Waals surface area contributed by atoms with Crippen LogP contribution in [-0.4, -0.2) is 81.9 Å². The fourth-order valence-electron chi connectivity index (χ4n) is 2.03. The first-order valence-corrected chi connectivity index (χ1v) is 10.7. The van der Waals surface area contributed by atoms with Crippen LogP contribution in [0, 0.1) is 0 Å². The predicted molar refractivity (Wildman–Crippen MR) is 105 cm³/mol. The Morgan fingerprint density at radius 2 is 0.840 bits per heavy atom. The third kappa shape index (κ3) is 59.4. The van der Waals surface area contributed by atoms with Gasteiger partial charge in [-0.2, -0.15) is 0 Å². The van der Waals surface area contributed by atoms with E-state index in [4.69, 9.17) is 17.5 Å². The molecular formula is C18H44N2O4S. The van der Waals surface area contributed by atoms with Crippen LogP contribution < -0.4 is 0 Å². The Morgan fingerprint density at radius 1 is 0.600 bits per heavy atom. The molecule has 0 aromatic heterocycles. The van der Waals surface area contributed by atoms with Gasteiger partial charge < -0.3 is 18.1 Å². The van der Waals surface area contributed by atoms with Crippen molar-refractivity contribution >= 4 is 10.4 Å². The lowest BCUT2D eigenvalue weighted by atomic mass is 10.2. The molecule has 0 bridgehead atoms. The van der Waals surface area contributed by atoms with Crippen LogP contribution in [0.4, 0.5) is 0 Å². The second kappa shape index (κ2) is 16.0. The zero-order chi connectivity index (χ0) is 20.6. The summed E-state index contributed by atoms with van der Waals surface area (Å²) in [5.41, 5.74) is 0. The zero-order valence-corrected chi connectivity index (χ0v) is 18.8. The Kier molecular flexibility index (Phi) is 18.9. The molecule has 156 valence electrons. The lowest BCUT2D eigenvalue weighted by molar-refractivity contribution is -0.870. The third-order valence-electron chi connectivity index (χ3n) is 3.36. The molecule has 0 fully saturated rings. The molecule has 0 aliphatic carbocycles. The smallest absolute Gasteiger partial charge is 0.0780 e. The van der Waals surface area contributed by atoms with Crippen molar-refractivity contribution in [3.05, 3.63) is 0 Å². The van der Waals surface area contributed by atoms with Crippen molar-refractivity contribution in [1.82, 2.24) is 0 Å². The van der Waals surface area contributed by atoms with Gasteiger partial charge in [-0.05, 0) is 25.7 Å². The van der Waals surface area contributed by atoms with Crippen LogP contribution >= 0.6 is 0 Å². The van der Waals surface area contributed by atoms with E-state index >= 15 is 0 Å². The molecule has 0 aromatic carbocycles. The highest BCUT2D eigenvalue weighted by atomic mass is 32.3. The van der Waals surface area contributed by atoms with Crippen LogP contribution in [0.25, 0.3) is 0 Å². The normalized spacial score (nSPS) is 11.9. The number of nitrogens with zero attached hydrogens (tertiary/aromatic N) is 2. The summed E-state index contributed by atoms with van der Waals surface area (Å²) in [5, 5.41) is 0. The minimum absolute atomic E-state index is 1.11. The van der Waals surface area contributed by atoms with E-state index in [0.29, 0.717) is 0 Å². The van der Waals surface area contributed by atoms with E-state index in [-0.39, 0.29) is 0 Å². The molecule has 0 aliphatic rings. The van der Waals surface area contributed by atoms with Gasteiger partial charge in [0, 0.05) is 10.4 Å². The summed E-state index contributed by atoms with van der Waals surface area (Å²) in [6.07, 6.45) is 11.1. The van der Waals surface area contributed by atoms with E-state index in [0.717, 1.165) is 8.97 Å². The number of quaternary nitrogens is 2. The first kappa shape index (κ1) is 29.5. The van der Waals surface area contributed by atoms with Crippen molar-refractivity contribution in [2.24, 2.45) is 0 Å². The molecule has 0 saturated heterocycles. The van der Waals surface area contributed by atoms with E-state index in [1.807, 2.05) is 0 Å². The van der Waals surface area contributed by atoms with Crippen LogP contribution in [0.15, 0.2) is 0 Å². The van der Waals surface area contributed by atoms with E-state index in [2.05, 4.69) is 56.1 Å². The summed E-state index contributed by atoms with van der Waals surface area (Å²) in [6, 6.07) is 0. The number of hydrogen-bond donors (Lipinski definition) is 0. The monoisotopic (exact) mass is 384 g/mol. The van der Waals surface area contributed by atoms with Crippen molar-refractivity contribution in [2.45, 2.75) is 65.2 Å². The maximum Gasteiger partial charge on any atom is 0.0780 e. The average molecular weight is 385 g/mol. The Labute approximate surface area is 158 Å². The molecule has 0 aliphatic heterocycles. The lowest BCUT2D eigenvalue weighted by Gasteiger charge is -2.23. The van der Waals surface area contributed by atoms with Gasteiger partial charge in [-0.25, -0.2) is 0 Å². The fraction of sp³-hybridized carbons (Fsp3) is 1.00. The maximum atomic E-state index is 8.52. The van der Waals surface area contributed by atoms with E-state index < -0.39 is 10.4 Å². The first-order valence-electron chi connectivity index (χ1n) is 9.40. The minimum atomic E-state index is -5.17. The summed E-state index contributed by atoms with van der Waals surface area (Å²) in [6.45, 7) is 7.15. The van der Waals surface area contributed by atoms with Crippen molar-refractivity contribution in [1.29, 1.82) is 0 Å². The largest absolute Gasteiger partial charge is 0.759 e. The number of hydrogen-bond acceptors (Lipinski definition) is 4. The highest BCUT2D eigenvalue weighted by Crippen LogP contribution is 2.02. The second-order valence-corrected chi connectivity index (χ2v) is 9.37. The van der Waals surface area contributed by atoms with Gasteiger partial charge in [0.2, 0.25) is 0 Å². The van der Waals surface area contributed by atoms with E-state index in [1.165, 1.54) is 64.5 Å². The van der Waals surface area contributed by atoms with Crippen LogP contribution in [0.1, 0.15) is 65.2 Å². The van der Waals surface area contributed by atoms with Crippen LogP contribution in [0.2, 0.25) is 0 Å². The second-order valence-electron chi connectivity index (χ2n) is 8.56. The van der Waals surface area contributed by atoms with Crippen molar-refractivity contribution in [2.75, 3.05) is 55.4 Å². The van der Waals surface area contributed by atoms with Gasteiger partial charge >= 0.3 is 0 Å². The molecule has 0 saturated carbocycles. The average Bonchev–Trinajstić information content (AvgIpc) is 2.37. The van der Waals surface area contributed by atoms with Crippen molar-refractivity contribution < 1.29 is 26.5 Å². The number of unbranched alkanes of at least 4 members (excludes halogenated alkanes) is 6. The van der Waals surface area contributed by atoms with E-state index in [1.54, 1.807) is 0 Å². The zero-order valence-electron chi connectivity index (χ0n) is 18.0. The predicted octanol–water partition coefficient (Wildman–Crippen LogP) is 3.21. The van der Waals surface area contributed by atoms with Gasteiger partial charge in [0.1, 0.15) is 0 Å². The summed E-state index contributed by atoms with van der Waals surface area (Å²) in [5.74, 6) is 0. The Bertz CT molecular complexity index is 342. The number of rotatable bonds is 10. The molecule has 0 atom stereocenters. The molecule has 7 heteroatoms. The van der Waals surface area contributed by atoms with Crippen molar-refractivity contribution in [3.8, 4) is 0 Å². The maximum absolute atomic E-state index is 8.52. The van der Waals surface area contributed by atoms with Gasteiger partial charge in [-0.3, -0.25) is 8.42 Å². The van der Waals surface area contributed by atoms with Crippen molar-refractivity contribution in [3.63, 3.8) is 0 Å². The first-order chi connectivity index (χ1) is 11.1. The van der Waals surface area contributed by atoms with Gasteiger partial charge in [0.05, 0.1) is 55.4 Å². The van der Waals surface area contributed by atoms with E-state index in [9.17, 15) is 0 Å². The van der Waals surface area contributed by atoms with Gasteiger partial charge in [0.25, 0.3) is 0 Å². The molecule has 0 aromatic rings. The fourth-order valence-corrected chi connectivity index (χ4v) is 2.03. The quantitative estimate of drug-likeness (QED) is 0.251. The summed E-state index contributed by atoms with van der Waals surface area (Å²) >= 11 is 0. The molecule has 0 unspecified atom stereocenters. The molecule has 0 rings (SSSR count). The Morgan fingerprint density at radius 3 is 1.00 bits per heavy atom. The lowest BCUT2D eigenvalue weighted by Crippen LogP contribution is -2.35. The SMILES string of the molecule is CCCCCC[N+](C)(C)C.CCCCCC[N+](C)(C)C.O=S(=O)([O-])[O-]. The van der Waals surface area contributed by atoms with Crippen LogP contribution in [0.5, 0.6) is 0 Å². The Balaban J connectivity index is -0.000000308. The van der Waals surface area contributed by atoms with Gasteiger partial charge in [-0.15, -0.1) is 0 Å². The molecule has 0 radical (unpaired) electrons. The molecule has 0 spiro atoms. The van der Waals surface area contributed by atoms with Crippen LogP contribution in [-0.2, 0) is 10.4 Å². The van der Waals surface area contributed by atoms with Gasteiger partial charge in [0.15, 0.2) is 0 Å². The molecule has 0 heterocycles. The summed E-state index contributed by atoms with van der Waals surface area (Å²) < 4.78 is 36.3. The van der Waals surface area contributed by atoms with Gasteiger partial charge in [-0.1, -0.05) is 39.5 Å². The third-order valence-corrected chi connectivity index (χ3v) is 3.36. The molecule has 0 N–H and O–H groups in total. The molecule has 0 amide bonds. The summed E-state index contributed by atoms with van der Waals surface area (Å²) in [4.78, 5) is 0. The highest BCUT2D eigenvalue weighted by molar-refractivity contribution is 7.79. The molecule has 6 nitrogen and oxygen atoms in total. The minimum Gasteiger partial charge on any atom is -0.759 e. The Hall–Kier alpha value is -0.210. The highest BCUT2D eigenvalue weighted by Gasteiger charge is 2.04. The molecule has 25 heavy (non-hydrogen) atoms. The summed E-state index contributed by atoms with van der Waals surface area (Å²) in [7, 11) is 8.37. The topological polar surface area (TPSA) is 80.3 Å².